The summed E-state index contributed by atoms with van der Waals surface area (Å²) in [5, 5.41) is 0. The molecular formula is C18H32O. The van der Waals surface area contributed by atoms with Gasteiger partial charge in [-0.3, -0.25) is 0 Å². The summed E-state index contributed by atoms with van der Waals surface area (Å²) in [6, 6.07) is 0. The molecule has 1 rings (SSSR count). The van der Waals surface area contributed by atoms with Gasteiger partial charge in [-0.2, -0.15) is 0 Å². The monoisotopic (exact) mass is 264 g/mol. The topological polar surface area (TPSA) is 17.1 Å². The molecule has 110 valence electrons. The molecule has 1 atom stereocenters. The Bertz CT molecular complexity index is 232. The van der Waals surface area contributed by atoms with Gasteiger partial charge >= 0.3 is 0 Å². The molecule has 0 spiro atoms. The van der Waals surface area contributed by atoms with E-state index in [1.165, 1.54) is 77.0 Å². The van der Waals surface area contributed by atoms with Gasteiger partial charge in [0.1, 0.15) is 6.29 Å². The van der Waals surface area contributed by atoms with Crippen molar-refractivity contribution in [1.29, 1.82) is 0 Å². The maximum Gasteiger partial charge on any atom is 0.119 e. The van der Waals surface area contributed by atoms with Crippen molar-refractivity contribution in [2.45, 2.75) is 89.9 Å². The zero-order chi connectivity index (χ0) is 13.6. The molecule has 0 unspecified atom stereocenters. The van der Waals surface area contributed by atoms with Crippen molar-refractivity contribution in [3.05, 3.63) is 12.2 Å². The van der Waals surface area contributed by atoms with Crippen LogP contribution in [0.2, 0.25) is 0 Å². The predicted molar refractivity (Wildman–Crippen MR) is 83.3 cm³/mol. The van der Waals surface area contributed by atoms with Gasteiger partial charge in [0.05, 0.1) is 0 Å². The molecule has 0 aromatic carbocycles. The lowest BCUT2D eigenvalue weighted by Gasteiger charge is -2.06. The fourth-order valence-corrected chi connectivity index (χ4v) is 2.98. The number of aldehydes is 1. The second kappa shape index (κ2) is 12.4. The van der Waals surface area contributed by atoms with Crippen LogP contribution in [0.15, 0.2) is 12.2 Å². The quantitative estimate of drug-likeness (QED) is 0.232. The van der Waals surface area contributed by atoms with Crippen LogP contribution in [-0.4, -0.2) is 6.29 Å². The molecule has 0 radical (unpaired) electrons. The summed E-state index contributed by atoms with van der Waals surface area (Å²) in [5.41, 5.74) is 0. The highest BCUT2D eigenvalue weighted by Crippen LogP contribution is 2.23. The van der Waals surface area contributed by atoms with Crippen molar-refractivity contribution < 1.29 is 4.79 Å². The molecule has 0 bridgehead atoms. The number of carbonyl (C=O) groups excluding carboxylic acids is 1. The van der Waals surface area contributed by atoms with Gasteiger partial charge in [0.2, 0.25) is 0 Å². The van der Waals surface area contributed by atoms with E-state index in [0.717, 1.165) is 25.0 Å². The first-order valence-electron chi connectivity index (χ1n) is 8.54. The fourth-order valence-electron chi connectivity index (χ4n) is 2.98. The number of hydrogen-bond donors (Lipinski definition) is 0. The SMILES string of the molecule is O=CCCCCCCCCCCCC[C@@H]1C=CCC1. The molecule has 0 fully saturated rings. The third-order valence-electron chi connectivity index (χ3n) is 4.26. The lowest BCUT2D eigenvalue weighted by atomic mass is 9.99. The van der Waals surface area contributed by atoms with Crippen LogP contribution in [0.1, 0.15) is 89.9 Å². The Morgan fingerprint density at radius 3 is 1.95 bits per heavy atom. The van der Waals surface area contributed by atoms with E-state index in [1.54, 1.807) is 0 Å². The zero-order valence-electron chi connectivity index (χ0n) is 12.6. The minimum Gasteiger partial charge on any atom is -0.303 e. The maximum absolute atomic E-state index is 10.1. The van der Waals surface area contributed by atoms with E-state index in [1.807, 2.05) is 0 Å². The Morgan fingerprint density at radius 2 is 1.42 bits per heavy atom. The van der Waals surface area contributed by atoms with Gasteiger partial charge in [0.15, 0.2) is 0 Å². The normalized spacial score (nSPS) is 18.0. The van der Waals surface area contributed by atoms with Crippen LogP contribution in [-0.2, 0) is 4.79 Å². The van der Waals surface area contributed by atoms with Crippen LogP contribution >= 0.6 is 0 Å². The second-order valence-electron chi connectivity index (χ2n) is 6.05. The number of hydrogen-bond acceptors (Lipinski definition) is 1. The van der Waals surface area contributed by atoms with E-state index in [-0.39, 0.29) is 0 Å². The third-order valence-corrected chi connectivity index (χ3v) is 4.26. The molecule has 0 N–H and O–H groups in total. The van der Waals surface area contributed by atoms with Crippen LogP contribution in [0.3, 0.4) is 0 Å². The second-order valence-corrected chi connectivity index (χ2v) is 6.05. The summed E-state index contributed by atoms with van der Waals surface area (Å²) < 4.78 is 0. The fraction of sp³-hybridized carbons (Fsp3) is 0.833. The van der Waals surface area contributed by atoms with Crippen LogP contribution in [0.4, 0.5) is 0 Å². The average Bonchev–Trinajstić information content (AvgIpc) is 2.93. The number of allylic oxidation sites excluding steroid dienone is 2. The molecule has 1 heteroatoms. The lowest BCUT2D eigenvalue weighted by molar-refractivity contribution is -0.107. The number of unbranched alkanes of at least 4 members (excludes halogenated alkanes) is 10. The third kappa shape index (κ3) is 9.92. The highest BCUT2D eigenvalue weighted by Gasteiger charge is 2.07. The van der Waals surface area contributed by atoms with Crippen molar-refractivity contribution in [2.75, 3.05) is 0 Å². The molecule has 1 aliphatic carbocycles. The average molecular weight is 264 g/mol. The Balaban J connectivity index is 1.69. The molecule has 19 heavy (non-hydrogen) atoms. The molecule has 0 heterocycles. The highest BCUT2D eigenvalue weighted by atomic mass is 16.1. The Labute approximate surface area is 119 Å². The van der Waals surface area contributed by atoms with E-state index >= 15 is 0 Å². The maximum atomic E-state index is 10.1. The molecule has 0 saturated heterocycles. The van der Waals surface area contributed by atoms with E-state index < -0.39 is 0 Å². The minimum absolute atomic E-state index is 0.760. The van der Waals surface area contributed by atoms with Crippen LogP contribution in [0, 0.1) is 5.92 Å². The van der Waals surface area contributed by atoms with E-state index in [2.05, 4.69) is 12.2 Å². The summed E-state index contributed by atoms with van der Waals surface area (Å²) in [5.74, 6) is 0.909. The van der Waals surface area contributed by atoms with Crippen LogP contribution in [0.25, 0.3) is 0 Å². The largest absolute Gasteiger partial charge is 0.303 e. The zero-order valence-corrected chi connectivity index (χ0v) is 12.6. The first-order valence-corrected chi connectivity index (χ1v) is 8.54. The van der Waals surface area contributed by atoms with Crippen molar-refractivity contribution in [3.8, 4) is 0 Å². The summed E-state index contributed by atoms with van der Waals surface area (Å²) in [4.78, 5) is 10.1. The van der Waals surface area contributed by atoms with Gasteiger partial charge in [-0.25, -0.2) is 0 Å². The van der Waals surface area contributed by atoms with Gasteiger partial charge in [0, 0.05) is 6.42 Å². The van der Waals surface area contributed by atoms with Crippen molar-refractivity contribution in [2.24, 2.45) is 5.92 Å². The lowest BCUT2D eigenvalue weighted by Crippen LogP contribution is -1.91. The van der Waals surface area contributed by atoms with Crippen LogP contribution in [0.5, 0.6) is 0 Å². The first kappa shape index (κ1) is 16.5. The van der Waals surface area contributed by atoms with Gasteiger partial charge in [0.25, 0.3) is 0 Å². The van der Waals surface area contributed by atoms with Crippen molar-refractivity contribution in [1.82, 2.24) is 0 Å². The summed E-state index contributed by atoms with van der Waals surface area (Å²) in [6.45, 7) is 0. The molecule has 0 aromatic heterocycles. The molecular weight excluding hydrogens is 232 g/mol. The standard InChI is InChI=1S/C18H32O/c19-17-13-9-7-5-3-1-2-4-6-8-10-14-18-15-11-12-16-18/h11,15,17-18H,1-10,12-14,16H2/t18-/m1/s1. The van der Waals surface area contributed by atoms with Crippen LogP contribution < -0.4 is 0 Å². The summed E-state index contributed by atoms with van der Waals surface area (Å²) in [7, 11) is 0. The molecule has 0 aliphatic heterocycles. The van der Waals surface area contributed by atoms with Crippen molar-refractivity contribution >= 4 is 6.29 Å². The minimum atomic E-state index is 0.760. The van der Waals surface area contributed by atoms with E-state index in [4.69, 9.17) is 0 Å². The van der Waals surface area contributed by atoms with Gasteiger partial charge in [-0.15, -0.1) is 0 Å². The highest BCUT2D eigenvalue weighted by molar-refractivity contribution is 5.48. The van der Waals surface area contributed by atoms with E-state index in [9.17, 15) is 4.79 Å². The molecule has 1 aliphatic rings. The first-order chi connectivity index (χ1) is 9.43. The number of carbonyl (C=O) groups is 1. The molecule has 0 amide bonds. The van der Waals surface area contributed by atoms with Gasteiger partial charge in [-0.1, -0.05) is 69.9 Å². The van der Waals surface area contributed by atoms with E-state index in [0.29, 0.717) is 0 Å². The molecule has 0 aromatic rings. The summed E-state index contributed by atoms with van der Waals surface area (Å²) in [6.07, 6.45) is 24.3. The number of rotatable bonds is 13. The molecule has 1 nitrogen and oxygen atoms in total. The van der Waals surface area contributed by atoms with Gasteiger partial charge in [-0.05, 0) is 31.6 Å². The Hall–Kier alpha value is -0.590. The predicted octanol–water partition coefficient (Wildman–Crippen LogP) is 5.83. The van der Waals surface area contributed by atoms with Gasteiger partial charge < -0.3 is 4.79 Å². The smallest absolute Gasteiger partial charge is 0.119 e. The Kier molecular flexibility index (Phi) is 10.8. The van der Waals surface area contributed by atoms with Crippen molar-refractivity contribution in [3.63, 3.8) is 0 Å². The Morgan fingerprint density at radius 1 is 0.842 bits per heavy atom. The summed E-state index contributed by atoms with van der Waals surface area (Å²) >= 11 is 0. The molecule has 0 saturated carbocycles.